The number of nitrogens with zero attached hydrogens (tertiary/aromatic N) is 4. The van der Waals surface area contributed by atoms with Crippen LogP contribution in [0.3, 0.4) is 0 Å². The van der Waals surface area contributed by atoms with Crippen LogP contribution >= 0.6 is 11.6 Å². The Morgan fingerprint density at radius 3 is 2.79 bits per heavy atom. The van der Waals surface area contributed by atoms with Gasteiger partial charge < -0.3 is 4.52 Å². The average molecular weight is 364 g/mol. The summed E-state index contributed by atoms with van der Waals surface area (Å²) in [4.78, 5) is 1.31. The van der Waals surface area contributed by atoms with Crippen molar-refractivity contribution in [2.45, 2.75) is 4.90 Å². The summed E-state index contributed by atoms with van der Waals surface area (Å²) in [5.41, 5.74) is 1.13. The molecule has 0 aliphatic rings. The lowest BCUT2D eigenvalue weighted by Crippen LogP contribution is -2.14. The molecule has 0 aliphatic carbocycles. The Bertz CT molecular complexity index is 1180. The molecule has 4 aromatic rings. The Hall–Kier alpha value is -2.65. The molecule has 0 unspecified atom stereocenters. The van der Waals surface area contributed by atoms with Gasteiger partial charge in [-0.1, -0.05) is 28.9 Å². The predicted octanol–water partition coefficient (Wildman–Crippen LogP) is 2.56. The Morgan fingerprint density at radius 2 is 1.96 bits per heavy atom. The van der Waals surface area contributed by atoms with E-state index in [2.05, 4.69) is 20.1 Å². The summed E-state index contributed by atoms with van der Waals surface area (Å²) in [5, 5.41) is 12.7. The number of nitrogens with one attached hydrogen (secondary N) is 1. The molecule has 0 atom stereocenters. The molecule has 0 bridgehead atoms. The standard InChI is InChI=1S/C14H10ClN5O3S/c1-20-16-9-5-3-7-11(13(9)17-20)24(21,22)19-14-12-8(15)4-2-6-10(12)23-18-14/h2-7H,1H3,(H,18,19). The van der Waals surface area contributed by atoms with Gasteiger partial charge in [-0.15, -0.1) is 0 Å². The molecule has 2 heterocycles. The van der Waals surface area contributed by atoms with E-state index < -0.39 is 10.0 Å². The average Bonchev–Trinajstić information content (AvgIpc) is 3.09. The van der Waals surface area contributed by atoms with Crippen LogP contribution in [-0.2, 0) is 17.1 Å². The number of hydrogen-bond acceptors (Lipinski definition) is 6. The zero-order valence-electron chi connectivity index (χ0n) is 12.3. The minimum Gasteiger partial charge on any atom is -0.354 e. The van der Waals surface area contributed by atoms with Gasteiger partial charge in [-0.25, -0.2) is 8.42 Å². The van der Waals surface area contributed by atoms with E-state index in [-0.39, 0.29) is 16.2 Å². The molecule has 4 rings (SSSR count). The highest BCUT2D eigenvalue weighted by Crippen LogP contribution is 2.32. The van der Waals surface area contributed by atoms with Crippen molar-refractivity contribution >= 4 is 49.4 Å². The van der Waals surface area contributed by atoms with Gasteiger partial charge in [-0.3, -0.25) is 4.72 Å². The van der Waals surface area contributed by atoms with Gasteiger partial charge in [0.2, 0.25) is 0 Å². The van der Waals surface area contributed by atoms with Crippen molar-refractivity contribution in [2.75, 3.05) is 4.72 Å². The molecule has 24 heavy (non-hydrogen) atoms. The van der Waals surface area contributed by atoms with Crippen LogP contribution in [0.15, 0.2) is 45.8 Å². The zero-order valence-corrected chi connectivity index (χ0v) is 13.8. The summed E-state index contributed by atoms with van der Waals surface area (Å²) in [6.07, 6.45) is 0. The predicted molar refractivity (Wildman–Crippen MR) is 88.3 cm³/mol. The van der Waals surface area contributed by atoms with Crippen molar-refractivity contribution < 1.29 is 12.9 Å². The van der Waals surface area contributed by atoms with Crippen molar-refractivity contribution in [3.8, 4) is 0 Å². The second kappa shape index (κ2) is 5.18. The van der Waals surface area contributed by atoms with Crippen molar-refractivity contribution in [1.29, 1.82) is 0 Å². The smallest absolute Gasteiger partial charge is 0.265 e. The van der Waals surface area contributed by atoms with E-state index in [9.17, 15) is 8.42 Å². The van der Waals surface area contributed by atoms with Crippen LogP contribution in [0.2, 0.25) is 5.02 Å². The minimum atomic E-state index is -3.95. The number of rotatable bonds is 3. The second-order valence-electron chi connectivity index (χ2n) is 5.06. The Balaban J connectivity index is 1.85. The summed E-state index contributed by atoms with van der Waals surface area (Å²) in [6, 6.07) is 9.69. The number of aryl methyl sites for hydroxylation is 1. The van der Waals surface area contributed by atoms with Crippen LogP contribution in [-0.4, -0.2) is 28.6 Å². The van der Waals surface area contributed by atoms with Gasteiger partial charge in [0, 0.05) is 7.05 Å². The first-order valence-corrected chi connectivity index (χ1v) is 8.68. The van der Waals surface area contributed by atoms with Crippen LogP contribution in [0.25, 0.3) is 22.0 Å². The van der Waals surface area contributed by atoms with Crippen molar-refractivity contribution in [1.82, 2.24) is 20.2 Å². The first kappa shape index (κ1) is 14.9. The molecule has 0 fully saturated rings. The van der Waals surface area contributed by atoms with Gasteiger partial charge in [0.05, 0.1) is 10.4 Å². The van der Waals surface area contributed by atoms with E-state index in [1.165, 1.54) is 10.9 Å². The molecule has 0 spiro atoms. The molecule has 0 amide bonds. The maximum Gasteiger partial charge on any atom is 0.265 e. The molecular formula is C14H10ClN5O3S. The van der Waals surface area contributed by atoms with E-state index in [4.69, 9.17) is 16.1 Å². The number of fused-ring (bicyclic) bond motifs is 2. The first-order chi connectivity index (χ1) is 11.5. The van der Waals surface area contributed by atoms with Crippen LogP contribution < -0.4 is 4.72 Å². The fourth-order valence-electron chi connectivity index (χ4n) is 2.43. The highest BCUT2D eigenvalue weighted by Gasteiger charge is 2.23. The Labute approximate surface area is 141 Å². The Morgan fingerprint density at radius 1 is 1.17 bits per heavy atom. The molecule has 8 nitrogen and oxygen atoms in total. The number of benzene rings is 2. The third kappa shape index (κ3) is 2.29. The monoisotopic (exact) mass is 363 g/mol. The van der Waals surface area contributed by atoms with Crippen molar-refractivity contribution in [2.24, 2.45) is 7.05 Å². The third-order valence-corrected chi connectivity index (χ3v) is 5.13. The third-order valence-electron chi connectivity index (χ3n) is 3.44. The number of hydrogen-bond donors (Lipinski definition) is 1. The largest absolute Gasteiger partial charge is 0.354 e. The van der Waals surface area contributed by atoms with Gasteiger partial charge in [0.25, 0.3) is 10.0 Å². The van der Waals surface area contributed by atoms with Crippen LogP contribution in [0.5, 0.6) is 0 Å². The zero-order chi connectivity index (χ0) is 16.9. The summed E-state index contributed by atoms with van der Waals surface area (Å²) >= 11 is 6.12. The molecule has 122 valence electrons. The normalized spacial score (nSPS) is 12.1. The number of sulfonamides is 1. The summed E-state index contributed by atoms with van der Waals surface area (Å²) < 4.78 is 33.0. The van der Waals surface area contributed by atoms with E-state index >= 15 is 0 Å². The fourth-order valence-corrected chi connectivity index (χ4v) is 3.85. The van der Waals surface area contributed by atoms with E-state index in [1.807, 2.05) is 0 Å². The number of aromatic nitrogens is 4. The summed E-state index contributed by atoms with van der Waals surface area (Å²) in [6.45, 7) is 0. The maximum atomic E-state index is 12.8. The van der Waals surface area contributed by atoms with E-state index in [0.717, 1.165) is 0 Å². The lowest BCUT2D eigenvalue weighted by molar-refractivity contribution is 0.460. The van der Waals surface area contributed by atoms with Crippen LogP contribution in [0, 0.1) is 0 Å². The number of anilines is 1. The molecule has 1 N–H and O–H groups in total. The summed E-state index contributed by atoms with van der Waals surface area (Å²) in [5.74, 6) is 0.0245. The van der Waals surface area contributed by atoms with Crippen molar-refractivity contribution in [3.05, 3.63) is 41.4 Å². The maximum absolute atomic E-state index is 12.8. The Kier molecular flexibility index (Phi) is 3.22. The number of halogens is 1. The molecule has 0 radical (unpaired) electrons. The molecule has 0 saturated heterocycles. The molecule has 2 aromatic heterocycles. The van der Waals surface area contributed by atoms with Gasteiger partial charge in [-0.05, 0) is 24.3 Å². The summed E-state index contributed by atoms with van der Waals surface area (Å²) in [7, 11) is -2.33. The minimum absolute atomic E-state index is 0.00342. The molecule has 0 aliphatic heterocycles. The van der Waals surface area contributed by atoms with Gasteiger partial charge in [0.1, 0.15) is 15.9 Å². The highest BCUT2D eigenvalue weighted by molar-refractivity contribution is 7.93. The molecule has 10 heteroatoms. The highest BCUT2D eigenvalue weighted by atomic mass is 35.5. The van der Waals surface area contributed by atoms with E-state index in [1.54, 1.807) is 37.4 Å². The first-order valence-electron chi connectivity index (χ1n) is 6.82. The molecular weight excluding hydrogens is 354 g/mol. The van der Waals surface area contributed by atoms with Crippen molar-refractivity contribution in [3.63, 3.8) is 0 Å². The lowest BCUT2D eigenvalue weighted by atomic mass is 10.2. The fraction of sp³-hybridized carbons (Fsp3) is 0.0714. The van der Waals surface area contributed by atoms with Gasteiger partial charge in [0.15, 0.2) is 11.4 Å². The van der Waals surface area contributed by atoms with Crippen LogP contribution in [0.1, 0.15) is 0 Å². The van der Waals surface area contributed by atoms with Crippen LogP contribution in [0.4, 0.5) is 5.82 Å². The molecule has 2 aromatic carbocycles. The topological polar surface area (TPSA) is 103 Å². The lowest BCUT2D eigenvalue weighted by Gasteiger charge is -2.06. The van der Waals surface area contributed by atoms with Gasteiger partial charge in [-0.2, -0.15) is 15.0 Å². The van der Waals surface area contributed by atoms with Gasteiger partial charge >= 0.3 is 0 Å². The van der Waals surface area contributed by atoms with E-state index in [0.29, 0.717) is 21.5 Å². The quantitative estimate of drug-likeness (QED) is 0.600. The molecule has 0 saturated carbocycles. The second-order valence-corrected chi connectivity index (χ2v) is 7.12. The SMILES string of the molecule is Cn1nc2cccc(S(=O)(=O)Nc3noc4cccc(Cl)c34)c2n1.